The van der Waals surface area contributed by atoms with Crippen molar-refractivity contribution < 1.29 is 4.79 Å². The fourth-order valence-corrected chi connectivity index (χ4v) is 3.89. The Morgan fingerprint density at radius 3 is 2.54 bits per heavy atom. The van der Waals surface area contributed by atoms with Gasteiger partial charge in [-0.15, -0.1) is 0 Å². The number of carbonyl (C=O) groups is 1. The van der Waals surface area contributed by atoms with E-state index in [1.807, 2.05) is 22.9 Å². The Hall–Kier alpha value is -3.21. The predicted octanol–water partition coefficient (Wildman–Crippen LogP) is 3.97. The van der Waals surface area contributed by atoms with Crippen molar-refractivity contribution in [2.24, 2.45) is 0 Å². The lowest BCUT2D eigenvalue weighted by Crippen LogP contribution is -2.31. The van der Waals surface area contributed by atoms with E-state index in [9.17, 15) is 4.79 Å². The molecule has 2 aromatic carbocycles. The molecule has 5 nitrogen and oxygen atoms in total. The Labute approximate surface area is 151 Å². The van der Waals surface area contributed by atoms with Gasteiger partial charge in [-0.25, -0.2) is 4.68 Å². The van der Waals surface area contributed by atoms with Crippen LogP contribution in [0.15, 0.2) is 72.2 Å². The van der Waals surface area contributed by atoms with Crippen LogP contribution in [0.4, 0.5) is 5.95 Å². The molecule has 5 rings (SSSR count). The van der Waals surface area contributed by atoms with E-state index >= 15 is 0 Å². The molecule has 0 unspecified atom stereocenters. The molecule has 1 atom stereocenters. The van der Waals surface area contributed by atoms with E-state index in [4.69, 9.17) is 0 Å². The topological polar surface area (TPSA) is 59.8 Å². The first kappa shape index (κ1) is 15.1. The van der Waals surface area contributed by atoms with Crippen LogP contribution in [0.1, 0.15) is 30.9 Å². The molecule has 1 aliphatic heterocycles. The van der Waals surface area contributed by atoms with E-state index in [0.29, 0.717) is 12.4 Å². The fourth-order valence-electron chi connectivity index (χ4n) is 3.89. The molecule has 1 N–H and O–H groups in total. The Bertz CT molecular complexity index is 1000. The summed E-state index contributed by atoms with van der Waals surface area (Å²) in [5.41, 5.74) is 5.23. The largest absolute Gasteiger partial charge is 0.328 e. The summed E-state index contributed by atoms with van der Waals surface area (Å²) >= 11 is 0. The van der Waals surface area contributed by atoms with Crippen molar-refractivity contribution in [2.45, 2.75) is 25.3 Å². The van der Waals surface area contributed by atoms with Crippen molar-refractivity contribution in [2.75, 3.05) is 5.32 Å². The van der Waals surface area contributed by atoms with Crippen LogP contribution in [0.5, 0.6) is 0 Å². The number of benzene rings is 2. The lowest BCUT2D eigenvalue weighted by molar-refractivity contribution is -0.116. The molecule has 2 heterocycles. The molecule has 0 saturated heterocycles. The van der Waals surface area contributed by atoms with Crippen molar-refractivity contribution in [3.05, 3.63) is 77.8 Å². The van der Waals surface area contributed by atoms with Crippen LogP contribution in [0.2, 0.25) is 0 Å². The summed E-state index contributed by atoms with van der Waals surface area (Å²) in [4.78, 5) is 17.0. The van der Waals surface area contributed by atoms with E-state index in [1.165, 1.54) is 11.9 Å². The quantitative estimate of drug-likeness (QED) is 0.765. The molecule has 0 spiro atoms. The standard InChI is InChI=1S/C21H18N4O/c26-18-8-4-7-17-19(18)20(25-21(24-17)22-13-23-25)16-11-9-15(10-12-16)14-5-2-1-3-6-14/h1-3,5-6,9-13,20H,4,7-8H2,(H,22,23,24)/t20-/m0/s1. The van der Waals surface area contributed by atoms with E-state index in [1.54, 1.807) is 0 Å². The van der Waals surface area contributed by atoms with Gasteiger partial charge in [-0.2, -0.15) is 10.1 Å². The fraction of sp³-hybridized carbons (Fsp3) is 0.190. The van der Waals surface area contributed by atoms with Crippen LogP contribution in [0, 0.1) is 0 Å². The number of carbonyl (C=O) groups excluding carboxylic acids is 1. The number of fused-ring (bicyclic) bond motifs is 1. The Balaban J connectivity index is 1.60. The summed E-state index contributed by atoms with van der Waals surface area (Å²) in [5.74, 6) is 0.910. The number of anilines is 1. The zero-order valence-electron chi connectivity index (χ0n) is 14.2. The minimum Gasteiger partial charge on any atom is -0.328 e. The average Bonchev–Trinajstić information content (AvgIpc) is 3.16. The highest BCUT2D eigenvalue weighted by molar-refractivity contribution is 5.99. The smallest absolute Gasteiger partial charge is 0.226 e. The molecule has 0 saturated carbocycles. The number of Topliss-reactive ketones (excluding diaryl/α,β-unsaturated/α-hetero) is 1. The van der Waals surface area contributed by atoms with Crippen molar-refractivity contribution in [1.82, 2.24) is 14.8 Å². The third-order valence-corrected chi connectivity index (χ3v) is 5.14. The maximum atomic E-state index is 12.7. The van der Waals surface area contributed by atoms with Gasteiger partial charge in [-0.3, -0.25) is 4.79 Å². The summed E-state index contributed by atoms with van der Waals surface area (Å²) in [6.07, 6.45) is 3.91. The zero-order valence-corrected chi connectivity index (χ0v) is 14.2. The highest BCUT2D eigenvalue weighted by atomic mass is 16.1. The first-order valence-electron chi connectivity index (χ1n) is 8.89. The summed E-state index contributed by atoms with van der Waals surface area (Å²) in [6.45, 7) is 0. The maximum absolute atomic E-state index is 12.7. The normalized spacial score (nSPS) is 18.9. The monoisotopic (exact) mass is 342 g/mol. The second-order valence-electron chi connectivity index (χ2n) is 6.71. The summed E-state index contributed by atoms with van der Waals surface area (Å²) in [6, 6.07) is 18.5. The Morgan fingerprint density at radius 2 is 1.73 bits per heavy atom. The molecule has 26 heavy (non-hydrogen) atoms. The van der Waals surface area contributed by atoms with Gasteiger partial charge in [0.1, 0.15) is 12.4 Å². The maximum Gasteiger partial charge on any atom is 0.226 e. The number of rotatable bonds is 2. The molecule has 1 aromatic heterocycles. The van der Waals surface area contributed by atoms with Crippen LogP contribution in [-0.2, 0) is 4.79 Å². The second kappa shape index (κ2) is 5.95. The van der Waals surface area contributed by atoms with Gasteiger partial charge in [0.2, 0.25) is 5.95 Å². The molecule has 0 fully saturated rings. The molecular weight excluding hydrogens is 324 g/mol. The highest BCUT2D eigenvalue weighted by Gasteiger charge is 2.35. The van der Waals surface area contributed by atoms with Crippen molar-refractivity contribution in [1.29, 1.82) is 0 Å². The highest BCUT2D eigenvalue weighted by Crippen LogP contribution is 2.39. The minimum atomic E-state index is -0.207. The molecule has 3 aromatic rings. The summed E-state index contributed by atoms with van der Waals surface area (Å²) in [7, 11) is 0. The number of ketones is 1. The lowest BCUT2D eigenvalue weighted by atomic mass is 9.85. The van der Waals surface area contributed by atoms with Gasteiger partial charge >= 0.3 is 0 Å². The van der Waals surface area contributed by atoms with Crippen LogP contribution in [-0.4, -0.2) is 20.5 Å². The van der Waals surface area contributed by atoms with Gasteiger partial charge < -0.3 is 5.32 Å². The van der Waals surface area contributed by atoms with Gasteiger partial charge in [0.15, 0.2) is 5.78 Å². The Morgan fingerprint density at radius 1 is 0.962 bits per heavy atom. The van der Waals surface area contributed by atoms with E-state index in [2.05, 4.69) is 51.8 Å². The minimum absolute atomic E-state index is 0.206. The van der Waals surface area contributed by atoms with Crippen molar-refractivity contribution in [3.8, 4) is 11.1 Å². The predicted molar refractivity (Wildman–Crippen MR) is 99.5 cm³/mol. The number of allylic oxidation sites excluding steroid dienone is 2. The molecule has 0 bridgehead atoms. The molecule has 0 radical (unpaired) electrons. The van der Waals surface area contributed by atoms with Crippen molar-refractivity contribution in [3.63, 3.8) is 0 Å². The summed E-state index contributed by atoms with van der Waals surface area (Å²) in [5, 5.41) is 7.67. The van der Waals surface area contributed by atoms with Crippen LogP contribution >= 0.6 is 0 Å². The second-order valence-corrected chi connectivity index (χ2v) is 6.71. The van der Waals surface area contributed by atoms with E-state index in [0.717, 1.165) is 35.2 Å². The number of nitrogens with zero attached hydrogens (tertiary/aromatic N) is 3. The molecule has 1 aliphatic carbocycles. The SMILES string of the molecule is O=C1CCCC2=C1[C@H](c1ccc(-c3ccccc3)cc1)n1ncnc1N2. The number of hydrogen-bond donors (Lipinski definition) is 1. The van der Waals surface area contributed by atoms with Gasteiger partial charge in [0, 0.05) is 17.7 Å². The molecular formula is C21H18N4O. The molecule has 5 heteroatoms. The zero-order chi connectivity index (χ0) is 17.5. The average molecular weight is 342 g/mol. The van der Waals surface area contributed by atoms with Gasteiger partial charge in [0.25, 0.3) is 0 Å². The van der Waals surface area contributed by atoms with Gasteiger partial charge in [-0.1, -0.05) is 54.6 Å². The summed E-state index contributed by atoms with van der Waals surface area (Å²) < 4.78 is 1.82. The number of nitrogens with one attached hydrogen (secondary N) is 1. The van der Waals surface area contributed by atoms with Crippen LogP contribution in [0.25, 0.3) is 11.1 Å². The van der Waals surface area contributed by atoms with Crippen LogP contribution in [0.3, 0.4) is 0 Å². The first-order chi connectivity index (χ1) is 12.8. The van der Waals surface area contributed by atoms with Gasteiger partial charge in [-0.05, 0) is 29.5 Å². The number of hydrogen-bond acceptors (Lipinski definition) is 4. The molecule has 128 valence electrons. The van der Waals surface area contributed by atoms with E-state index in [-0.39, 0.29) is 11.8 Å². The van der Waals surface area contributed by atoms with E-state index < -0.39 is 0 Å². The third-order valence-electron chi connectivity index (χ3n) is 5.14. The first-order valence-corrected chi connectivity index (χ1v) is 8.89. The Kier molecular flexibility index (Phi) is 3.45. The lowest BCUT2D eigenvalue weighted by Gasteiger charge is -2.32. The third kappa shape index (κ3) is 2.36. The van der Waals surface area contributed by atoms with Crippen molar-refractivity contribution >= 4 is 11.7 Å². The van der Waals surface area contributed by atoms with Crippen LogP contribution < -0.4 is 5.32 Å². The van der Waals surface area contributed by atoms with Gasteiger partial charge in [0.05, 0.1) is 0 Å². The molecule has 0 amide bonds. The molecule has 2 aliphatic rings. The number of aromatic nitrogens is 3.